The predicted molar refractivity (Wildman–Crippen MR) is 34.8 cm³/mol. The molecule has 0 unspecified atom stereocenters. The van der Waals surface area contributed by atoms with Crippen molar-refractivity contribution in [1.29, 1.82) is 0 Å². The van der Waals surface area contributed by atoms with Gasteiger partial charge in [0.05, 0.1) is 0 Å². The van der Waals surface area contributed by atoms with E-state index in [1.54, 1.807) is 24.5 Å². The van der Waals surface area contributed by atoms with Crippen LogP contribution >= 0.6 is 0 Å². The molecule has 0 saturated heterocycles. The monoisotopic (exact) mass is 198 g/mol. The third kappa shape index (κ3) is 5.49. The van der Waals surface area contributed by atoms with Crippen molar-refractivity contribution < 1.29 is 19.5 Å². The summed E-state index contributed by atoms with van der Waals surface area (Å²) < 4.78 is 0. The number of nitrogens with zero attached hydrogens (tertiary/aromatic N) is 2. The summed E-state index contributed by atoms with van der Waals surface area (Å²) >= 11 is 0. The second kappa shape index (κ2) is 7.15. The molecule has 0 aliphatic heterocycles. The molecule has 0 bridgehead atoms. The van der Waals surface area contributed by atoms with Crippen molar-refractivity contribution in [2.45, 2.75) is 0 Å². The number of aromatic amines is 2. The van der Waals surface area contributed by atoms with Crippen LogP contribution in [0, 0.1) is 12.4 Å². The molecular formula is C6H6N4Zn. The molecule has 0 saturated carbocycles. The second-order valence-corrected chi connectivity index (χ2v) is 1.40. The van der Waals surface area contributed by atoms with E-state index in [0.29, 0.717) is 0 Å². The Morgan fingerprint density at radius 3 is 1.45 bits per heavy atom. The summed E-state index contributed by atoms with van der Waals surface area (Å²) in [6, 6.07) is 3.42. The summed E-state index contributed by atoms with van der Waals surface area (Å²) in [7, 11) is 0. The van der Waals surface area contributed by atoms with Crippen molar-refractivity contribution in [3.05, 3.63) is 36.9 Å². The van der Waals surface area contributed by atoms with Crippen LogP contribution in [0.1, 0.15) is 0 Å². The first kappa shape index (κ1) is 10.0. The maximum absolute atomic E-state index is 3.54. The number of H-pyrrole nitrogens is 2. The number of hydrogen-bond acceptors (Lipinski definition) is 2. The standard InChI is InChI=1S/2C3H3N2.Zn/c2*1-2-4-5-3-1;/h2*1-2H,(H,4,5);/q2*-1;+2. The average molecular weight is 200 g/mol. The van der Waals surface area contributed by atoms with Gasteiger partial charge < -0.3 is 20.4 Å². The first-order valence-electron chi connectivity index (χ1n) is 2.71. The van der Waals surface area contributed by atoms with Crippen LogP contribution in [-0.4, -0.2) is 20.4 Å². The zero-order valence-corrected chi connectivity index (χ0v) is 8.88. The molecule has 2 N–H and O–H groups in total. The van der Waals surface area contributed by atoms with E-state index < -0.39 is 0 Å². The van der Waals surface area contributed by atoms with E-state index in [1.807, 2.05) is 0 Å². The van der Waals surface area contributed by atoms with Gasteiger partial charge in [-0.2, -0.15) is 24.5 Å². The van der Waals surface area contributed by atoms with Gasteiger partial charge in [0.2, 0.25) is 0 Å². The maximum Gasteiger partial charge on any atom is 2.00 e. The first-order valence-corrected chi connectivity index (χ1v) is 2.71. The fourth-order valence-electron chi connectivity index (χ4n) is 0.373. The van der Waals surface area contributed by atoms with Crippen molar-refractivity contribution in [3.8, 4) is 0 Å². The molecule has 11 heavy (non-hydrogen) atoms. The molecular weight excluding hydrogens is 193 g/mol. The normalized spacial score (nSPS) is 7.27. The van der Waals surface area contributed by atoms with Gasteiger partial charge in [-0.1, -0.05) is 0 Å². The van der Waals surface area contributed by atoms with Crippen LogP contribution in [-0.2, 0) is 19.5 Å². The van der Waals surface area contributed by atoms with Crippen LogP contribution in [0.3, 0.4) is 0 Å². The largest absolute Gasteiger partial charge is 2.00 e. The Labute approximate surface area is 77.2 Å². The molecule has 0 radical (unpaired) electrons. The summed E-state index contributed by atoms with van der Waals surface area (Å²) in [5.74, 6) is 0. The quantitative estimate of drug-likeness (QED) is 0.477. The number of rotatable bonds is 0. The fourth-order valence-corrected chi connectivity index (χ4v) is 0.373. The van der Waals surface area contributed by atoms with Gasteiger partial charge in [-0.15, -0.1) is 12.4 Å². The Hall–Kier alpha value is -0.957. The summed E-state index contributed by atoms with van der Waals surface area (Å²) in [5.41, 5.74) is 0. The van der Waals surface area contributed by atoms with E-state index >= 15 is 0 Å². The molecule has 2 aromatic rings. The van der Waals surface area contributed by atoms with Crippen LogP contribution < -0.4 is 0 Å². The number of nitrogens with one attached hydrogen (secondary N) is 2. The van der Waals surface area contributed by atoms with Crippen LogP contribution in [0.15, 0.2) is 24.5 Å². The van der Waals surface area contributed by atoms with Crippen LogP contribution in [0.2, 0.25) is 0 Å². The Morgan fingerprint density at radius 1 is 0.909 bits per heavy atom. The van der Waals surface area contributed by atoms with Crippen molar-refractivity contribution in [2.75, 3.05) is 0 Å². The zero-order valence-electron chi connectivity index (χ0n) is 5.91. The minimum Gasteiger partial charge on any atom is -0.390 e. The van der Waals surface area contributed by atoms with Crippen molar-refractivity contribution in [1.82, 2.24) is 20.4 Å². The predicted octanol–water partition coefficient (Wildman–Crippen LogP) is 0.417. The summed E-state index contributed by atoms with van der Waals surface area (Å²) in [4.78, 5) is 0. The van der Waals surface area contributed by atoms with E-state index in [-0.39, 0.29) is 19.5 Å². The van der Waals surface area contributed by atoms with Gasteiger partial charge in [0, 0.05) is 0 Å². The molecule has 2 rings (SSSR count). The molecule has 0 amide bonds. The fraction of sp³-hybridized carbons (Fsp3) is 0. The van der Waals surface area contributed by atoms with Gasteiger partial charge in [0.15, 0.2) is 0 Å². The SMILES string of the molecule is [Zn+2].[c-]1ccn[nH]1.[c-]1ccn[nH]1. The number of hydrogen-bond donors (Lipinski definition) is 2. The molecule has 2 heterocycles. The zero-order chi connectivity index (χ0) is 7.07. The second-order valence-electron chi connectivity index (χ2n) is 1.40. The molecule has 2 aromatic heterocycles. The van der Waals surface area contributed by atoms with Gasteiger partial charge in [0.1, 0.15) is 0 Å². The molecule has 0 atom stereocenters. The van der Waals surface area contributed by atoms with E-state index in [9.17, 15) is 0 Å². The molecule has 4 nitrogen and oxygen atoms in total. The van der Waals surface area contributed by atoms with E-state index in [2.05, 4.69) is 32.8 Å². The van der Waals surface area contributed by atoms with Crippen LogP contribution in [0.25, 0.3) is 0 Å². The summed E-state index contributed by atoms with van der Waals surface area (Å²) in [6.45, 7) is 0. The topological polar surface area (TPSA) is 57.4 Å². The smallest absolute Gasteiger partial charge is 0.390 e. The summed E-state index contributed by atoms with van der Waals surface area (Å²) in [5, 5.41) is 12.1. The first-order chi connectivity index (χ1) is 5.00. The molecule has 0 aliphatic carbocycles. The minimum atomic E-state index is 0. The van der Waals surface area contributed by atoms with Crippen LogP contribution in [0.5, 0.6) is 0 Å². The Balaban J connectivity index is 0.000000167. The van der Waals surface area contributed by atoms with E-state index in [1.165, 1.54) is 0 Å². The Kier molecular flexibility index (Phi) is 6.53. The van der Waals surface area contributed by atoms with Gasteiger partial charge in [-0.3, -0.25) is 0 Å². The molecule has 52 valence electrons. The molecule has 0 aromatic carbocycles. The summed E-state index contributed by atoms with van der Waals surface area (Å²) in [6.07, 6.45) is 8.53. The van der Waals surface area contributed by atoms with Crippen molar-refractivity contribution in [3.63, 3.8) is 0 Å². The minimum absolute atomic E-state index is 0. The Morgan fingerprint density at radius 2 is 1.36 bits per heavy atom. The third-order valence-electron chi connectivity index (χ3n) is 0.723. The Bertz CT molecular complexity index is 154. The third-order valence-corrected chi connectivity index (χ3v) is 0.723. The van der Waals surface area contributed by atoms with Gasteiger partial charge >= 0.3 is 19.5 Å². The van der Waals surface area contributed by atoms with E-state index in [4.69, 9.17) is 0 Å². The number of aromatic nitrogens is 4. The molecule has 0 spiro atoms. The maximum atomic E-state index is 3.54. The van der Waals surface area contributed by atoms with Gasteiger partial charge in [-0.25, -0.2) is 0 Å². The van der Waals surface area contributed by atoms with E-state index in [0.717, 1.165) is 0 Å². The van der Waals surface area contributed by atoms with Crippen LogP contribution in [0.4, 0.5) is 0 Å². The van der Waals surface area contributed by atoms with Crippen molar-refractivity contribution >= 4 is 0 Å². The van der Waals surface area contributed by atoms with Crippen molar-refractivity contribution in [2.24, 2.45) is 0 Å². The molecule has 5 heteroatoms. The van der Waals surface area contributed by atoms with Gasteiger partial charge in [0.25, 0.3) is 0 Å². The molecule has 0 aliphatic rings. The molecule has 0 fully saturated rings. The average Bonchev–Trinajstić information content (AvgIpc) is 2.67. The van der Waals surface area contributed by atoms with Gasteiger partial charge in [-0.05, 0) is 0 Å².